The Kier molecular flexibility index (Phi) is 21.3. The first kappa shape index (κ1) is 29.5. The molecule has 0 aliphatic rings. The van der Waals surface area contributed by atoms with Crippen molar-refractivity contribution in [1.82, 2.24) is 4.90 Å². The molecule has 0 spiro atoms. The molecule has 1 atom stereocenters. The van der Waals surface area contributed by atoms with Gasteiger partial charge in [-0.05, 0) is 32.5 Å². The van der Waals surface area contributed by atoms with Crippen LogP contribution in [0.4, 0.5) is 0 Å². The van der Waals surface area contributed by atoms with Gasteiger partial charge >= 0.3 is 0 Å². The fourth-order valence-corrected chi connectivity index (χ4v) is 4.36. The molecule has 1 aromatic carbocycles. The Bertz CT molecular complexity index is 445. The van der Waals surface area contributed by atoms with Gasteiger partial charge < -0.3 is 4.90 Å². The molecule has 0 bridgehead atoms. The molecule has 0 N–H and O–H groups in total. The Labute approximate surface area is 195 Å². The van der Waals surface area contributed by atoms with Gasteiger partial charge in [0.15, 0.2) is 0 Å². The highest BCUT2D eigenvalue weighted by Gasteiger charge is 2.11. The molecule has 0 aliphatic carbocycles. The van der Waals surface area contributed by atoms with Gasteiger partial charge in [0.25, 0.3) is 0 Å². The minimum atomic E-state index is 0. The van der Waals surface area contributed by atoms with Crippen molar-refractivity contribution in [2.45, 2.75) is 129 Å². The summed E-state index contributed by atoms with van der Waals surface area (Å²) in [6.07, 6.45) is 25.7. The molecule has 30 heavy (non-hydrogen) atoms. The summed E-state index contributed by atoms with van der Waals surface area (Å²) < 4.78 is 0. The molecule has 2 heteroatoms. The lowest BCUT2D eigenvalue weighted by Gasteiger charge is -2.24. The molecule has 0 saturated heterocycles. The van der Waals surface area contributed by atoms with Crippen LogP contribution in [0.1, 0.15) is 122 Å². The quantitative estimate of drug-likeness (QED) is 0.184. The molecule has 0 saturated carbocycles. The van der Waals surface area contributed by atoms with Gasteiger partial charge in [-0.3, -0.25) is 0 Å². The second kappa shape index (κ2) is 21.7. The van der Waals surface area contributed by atoms with Crippen molar-refractivity contribution in [1.29, 1.82) is 0 Å². The van der Waals surface area contributed by atoms with Crippen LogP contribution in [-0.4, -0.2) is 25.0 Å². The van der Waals surface area contributed by atoms with Crippen molar-refractivity contribution >= 4 is 12.4 Å². The summed E-state index contributed by atoms with van der Waals surface area (Å²) in [4.78, 5) is 2.41. The van der Waals surface area contributed by atoms with Gasteiger partial charge in [0.1, 0.15) is 0 Å². The second-order valence-electron chi connectivity index (χ2n) is 9.40. The molecule has 176 valence electrons. The van der Waals surface area contributed by atoms with Crippen molar-refractivity contribution in [3.8, 4) is 0 Å². The van der Waals surface area contributed by atoms with E-state index in [9.17, 15) is 0 Å². The maximum absolute atomic E-state index is 2.41. The van der Waals surface area contributed by atoms with E-state index in [0.29, 0.717) is 6.04 Å². The molecule has 1 nitrogen and oxygen atoms in total. The summed E-state index contributed by atoms with van der Waals surface area (Å²) in [6.45, 7) is 2.30. The van der Waals surface area contributed by atoms with Crippen LogP contribution in [0.15, 0.2) is 30.3 Å². The predicted octanol–water partition coefficient (Wildman–Crippen LogP) is 9.23. The topological polar surface area (TPSA) is 3.24 Å². The average Bonchev–Trinajstić information content (AvgIpc) is 2.73. The van der Waals surface area contributed by atoms with E-state index in [1.54, 1.807) is 0 Å². The highest BCUT2D eigenvalue weighted by Crippen LogP contribution is 2.16. The van der Waals surface area contributed by atoms with Crippen LogP contribution in [0.3, 0.4) is 0 Å². The summed E-state index contributed by atoms with van der Waals surface area (Å²) in [7, 11) is 4.47. The van der Waals surface area contributed by atoms with Crippen LogP contribution in [0.2, 0.25) is 0 Å². The number of hydrogen-bond donors (Lipinski definition) is 0. The predicted molar refractivity (Wildman–Crippen MR) is 139 cm³/mol. The largest absolute Gasteiger partial charge is 0.306 e. The van der Waals surface area contributed by atoms with Crippen molar-refractivity contribution in [2.75, 3.05) is 14.1 Å². The molecule has 0 heterocycles. The smallest absolute Gasteiger partial charge is 0.0130 e. The number of likely N-dealkylation sites (N-methyl/N-ethyl adjacent to an activating group) is 1. The molecule has 1 aromatic rings. The van der Waals surface area contributed by atoms with Gasteiger partial charge in [-0.1, -0.05) is 140 Å². The summed E-state index contributed by atoms with van der Waals surface area (Å²) in [5, 5.41) is 0. The van der Waals surface area contributed by atoms with E-state index >= 15 is 0 Å². The van der Waals surface area contributed by atoms with E-state index in [1.165, 1.54) is 121 Å². The normalized spacial score (nSPS) is 12.1. The number of halogens is 1. The fraction of sp³-hybridized carbons (Fsp3) is 0.786. The SMILES string of the molecule is CCCCCCCCCCCCCCCCCCC(Cc1ccccc1)N(C)C.Cl. The molecule has 0 fully saturated rings. The number of unbranched alkanes of at least 4 members (excludes halogenated alkanes) is 15. The van der Waals surface area contributed by atoms with Crippen molar-refractivity contribution in [2.24, 2.45) is 0 Å². The maximum atomic E-state index is 2.41. The minimum absolute atomic E-state index is 0. The van der Waals surface area contributed by atoms with Crippen LogP contribution in [0.5, 0.6) is 0 Å². The molecule has 0 amide bonds. The van der Waals surface area contributed by atoms with Gasteiger partial charge in [-0.2, -0.15) is 0 Å². The van der Waals surface area contributed by atoms with Crippen molar-refractivity contribution in [3.63, 3.8) is 0 Å². The first-order valence-corrected chi connectivity index (χ1v) is 12.9. The van der Waals surface area contributed by atoms with Crippen molar-refractivity contribution in [3.05, 3.63) is 35.9 Å². The first-order valence-electron chi connectivity index (χ1n) is 12.9. The molecule has 0 aromatic heterocycles. The zero-order valence-corrected chi connectivity index (χ0v) is 21.4. The van der Waals surface area contributed by atoms with Crippen LogP contribution in [0.25, 0.3) is 0 Å². The highest BCUT2D eigenvalue weighted by molar-refractivity contribution is 5.85. The summed E-state index contributed by atoms with van der Waals surface area (Å²) in [6, 6.07) is 11.7. The van der Waals surface area contributed by atoms with E-state index in [4.69, 9.17) is 0 Å². The average molecular weight is 438 g/mol. The second-order valence-corrected chi connectivity index (χ2v) is 9.40. The molecule has 1 rings (SSSR count). The van der Waals surface area contributed by atoms with E-state index in [-0.39, 0.29) is 12.4 Å². The monoisotopic (exact) mass is 437 g/mol. The van der Waals surface area contributed by atoms with Gasteiger partial charge in [0, 0.05) is 6.04 Å². The van der Waals surface area contributed by atoms with Crippen LogP contribution in [0, 0.1) is 0 Å². The highest BCUT2D eigenvalue weighted by atomic mass is 35.5. The van der Waals surface area contributed by atoms with Gasteiger partial charge in [0.2, 0.25) is 0 Å². The minimum Gasteiger partial charge on any atom is -0.306 e. The van der Waals surface area contributed by atoms with Gasteiger partial charge in [-0.15, -0.1) is 12.4 Å². The third-order valence-corrected chi connectivity index (χ3v) is 6.44. The number of benzene rings is 1. The Morgan fingerprint density at radius 2 is 1.00 bits per heavy atom. The zero-order chi connectivity index (χ0) is 21.0. The molecular formula is C28H52ClN. The third kappa shape index (κ3) is 17.2. The zero-order valence-electron chi connectivity index (χ0n) is 20.5. The molecule has 1 unspecified atom stereocenters. The van der Waals surface area contributed by atoms with Crippen LogP contribution < -0.4 is 0 Å². The maximum Gasteiger partial charge on any atom is 0.0130 e. The van der Waals surface area contributed by atoms with E-state index in [1.807, 2.05) is 0 Å². The van der Waals surface area contributed by atoms with E-state index in [2.05, 4.69) is 56.3 Å². The third-order valence-electron chi connectivity index (χ3n) is 6.44. The lowest BCUT2D eigenvalue weighted by atomic mass is 9.98. The van der Waals surface area contributed by atoms with Gasteiger partial charge in [-0.25, -0.2) is 0 Å². The van der Waals surface area contributed by atoms with E-state index in [0.717, 1.165) is 0 Å². The fourth-order valence-electron chi connectivity index (χ4n) is 4.36. The Hall–Kier alpha value is -0.530. The standard InChI is InChI=1S/C28H51N.ClH/c1-4-5-6-7-8-9-10-11-12-13-14-15-16-17-18-22-25-28(29(2)3)26-27-23-20-19-21-24-27;/h19-21,23-24,28H,4-18,22,25-26H2,1-3H3;1H. The van der Waals surface area contributed by atoms with E-state index < -0.39 is 0 Å². The lowest BCUT2D eigenvalue weighted by molar-refractivity contribution is 0.269. The first-order chi connectivity index (χ1) is 14.2. The van der Waals surface area contributed by atoms with Crippen LogP contribution >= 0.6 is 12.4 Å². The summed E-state index contributed by atoms with van der Waals surface area (Å²) in [5.74, 6) is 0. The Morgan fingerprint density at radius 1 is 0.600 bits per heavy atom. The van der Waals surface area contributed by atoms with Crippen molar-refractivity contribution < 1.29 is 0 Å². The van der Waals surface area contributed by atoms with Gasteiger partial charge in [0.05, 0.1) is 0 Å². The van der Waals surface area contributed by atoms with Crippen LogP contribution in [-0.2, 0) is 6.42 Å². The molecular weight excluding hydrogens is 386 g/mol. The number of nitrogens with zero attached hydrogens (tertiary/aromatic N) is 1. The molecule has 0 radical (unpaired) electrons. The lowest BCUT2D eigenvalue weighted by Crippen LogP contribution is -2.30. The Balaban J connectivity index is 0.00000841. The Morgan fingerprint density at radius 3 is 1.40 bits per heavy atom. The number of hydrogen-bond acceptors (Lipinski definition) is 1. The summed E-state index contributed by atoms with van der Waals surface area (Å²) in [5.41, 5.74) is 1.47. The number of rotatable bonds is 20. The summed E-state index contributed by atoms with van der Waals surface area (Å²) >= 11 is 0. The molecule has 0 aliphatic heterocycles.